The van der Waals surface area contributed by atoms with E-state index in [0.29, 0.717) is 10.0 Å². The Balaban J connectivity index is 1.96. The van der Waals surface area contributed by atoms with E-state index in [1.165, 1.54) is 0 Å². The number of benzene rings is 1. The molecule has 2 heterocycles. The lowest BCUT2D eigenvalue weighted by molar-refractivity contribution is 1.01. The maximum absolute atomic E-state index is 6.25. The third kappa shape index (κ3) is 3.09. The van der Waals surface area contributed by atoms with Crippen molar-refractivity contribution in [2.45, 2.75) is 13.3 Å². The lowest BCUT2D eigenvalue weighted by atomic mass is 10.1. The van der Waals surface area contributed by atoms with Crippen LogP contribution in [-0.2, 0) is 6.42 Å². The molecule has 3 nitrogen and oxygen atoms in total. The van der Waals surface area contributed by atoms with Crippen molar-refractivity contribution < 1.29 is 0 Å². The van der Waals surface area contributed by atoms with Crippen LogP contribution in [0.3, 0.4) is 0 Å². The predicted octanol–water partition coefficient (Wildman–Crippen LogP) is 4.68. The number of hydrogen-bond donors (Lipinski definition) is 1. The fourth-order valence-electron chi connectivity index (χ4n) is 2.24. The topological polar surface area (TPSA) is 41.6 Å². The quantitative estimate of drug-likeness (QED) is 0.762. The summed E-state index contributed by atoms with van der Waals surface area (Å²) in [6, 6.07) is 9.35. The number of aromatic nitrogens is 3. The van der Waals surface area contributed by atoms with Gasteiger partial charge in [-0.2, -0.15) is 0 Å². The highest BCUT2D eigenvalue weighted by Gasteiger charge is 2.13. The summed E-state index contributed by atoms with van der Waals surface area (Å²) in [5.74, 6) is 0.893. The van der Waals surface area contributed by atoms with E-state index >= 15 is 0 Å². The minimum Gasteiger partial charge on any atom is -0.345 e. The van der Waals surface area contributed by atoms with Gasteiger partial charge in [0.1, 0.15) is 5.82 Å². The molecular formula is C16H13Cl2N3. The number of H-pyrrole nitrogens is 1. The Morgan fingerprint density at radius 2 is 1.86 bits per heavy atom. The molecule has 1 N–H and O–H groups in total. The first-order chi connectivity index (χ1) is 10.1. The molecule has 0 saturated heterocycles. The standard InChI is InChI=1S/C16H13Cl2N3/c1-10-16(13-9-12(17)2-3-14(13)18)21-15(20-10)8-11-4-6-19-7-5-11/h2-7,9H,8H2,1H3,(H,20,21). The maximum Gasteiger partial charge on any atom is 0.111 e. The van der Waals surface area contributed by atoms with Gasteiger partial charge in [0.05, 0.1) is 10.7 Å². The number of rotatable bonds is 3. The molecule has 0 fully saturated rings. The van der Waals surface area contributed by atoms with Gasteiger partial charge in [0.2, 0.25) is 0 Å². The van der Waals surface area contributed by atoms with Gasteiger partial charge in [-0.25, -0.2) is 4.98 Å². The zero-order chi connectivity index (χ0) is 14.8. The molecule has 5 heteroatoms. The summed E-state index contributed by atoms with van der Waals surface area (Å²) in [5, 5.41) is 1.29. The monoisotopic (exact) mass is 317 g/mol. The van der Waals surface area contributed by atoms with Crippen molar-refractivity contribution >= 4 is 23.2 Å². The Hall–Kier alpha value is -1.84. The van der Waals surface area contributed by atoms with Gasteiger partial charge in [-0.15, -0.1) is 0 Å². The van der Waals surface area contributed by atoms with Crippen molar-refractivity contribution in [2.24, 2.45) is 0 Å². The first kappa shape index (κ1) is 14.1. The molecule has 0 amide bonds. The molecule has 0 saturated carbocycles. The Morgan fingerprint density at radius 1 is 1.10 bits per heavy atom. The molecule has 0 aliphatic rings. The van der Waals surface area contributed by atoms with Crippen LogP contribution in [0.4, 0.5) is 0 Å². The summed E-state index contributed by atoms with van der Waals surface area (Å²) in [4.78, 5) is 12.0. The van der Waals surface area contributed by atoms with Crippen molar-refractivity contribution in [1.82, 2.24) is 15.0 Å². The van der Waals surface area contributed by atoms with Crippen LogP contribution >= 0.6 is 23.2 Å². The molecule has 1 aromatic carbocycles. The number of imidazole rings is 1. The van der Waals surface area contributed by atoms with Gasteiger partial charge in [-0.1, -0.05) is 23.2 Å². The Kier molecular flexibility index (Phi) is 3.95. The number of nitrogens with one attached hydrogen (secondary N) is 1. The van der Waals surface area contributed by atoms with Crippen molar-refractivity contribution in [3.63, 3.8) is 0 Å². The molecule has 0 spiro atoms. The van der Waals surface area contributed by atoms with E-state index < -0.39 is 0 Å². The lowest BCUT2D eigenvalue weighted by Crippen LogP contribution is -1.91. The number of pyridine rings is 1. The summed E-state index contributed by atoms with van der Waals surface area (Å²) in [7, 11) is 0. The molecule has 0 aliphatic heterocycles. The largest absolute Gasteiger partial charge is 0.345 e. The molecule has 106 valence electrons. The number of nitrogens with zero attached hydrogens (tertiary/aromatic N) is 2. The van der Waals surface area contributed by atoms with Crippen LogP contribution in [0.1, 0.15) is 17.1 Å². The average molecular weight is 318 g/mol. The van der Waals surface area contributed by atoms with Crippen molar-refractivity contribution in [2.75, 3.05) is 0 Å². The zero-order valence-electron chi connectivity index (χ0n) is 11.4. The molecular weight excluding hydrogens is 305 g/mol. The van der Waals surface area contributed by atoms with Gasteiger partial charge in [0, 0.05) is 35.1 Å². The zero-order valence-corrected chi connectivity index (χ0v) is 12.9. The highest BCUT2D eigenvalue weighted by Crippen LogP contribution is 2.31. The minimum atomic E-state index is 0.643. The van der Waals surface area contributed by atoms with E-state index in [1.54, 1.807) is 24.5 Å². The fourth-order valence-corrected chi connectivity index (χ4v) is 2.62. The summed E-state index contributed by atoms with van der Waals surface area (Å²) in [6.45, 7) is 1.98. The van der Waals surface area contributed by atoms with Crippen molar-refractivity contribution in [1.29, 1.82) is 0 Å². The molecule has 2 aromatic heterocycles. The lowest BCUT2D eigenvalue weighted by Gasteiger charge is -2.02. The Labute approximate surface area is 133 Å². The first-order valence-electron chi connectivity index (χ1n) is 6.53. The van der Waals surface area contributed by atoms with Gasteiger partial charge in [0.15, 0.2) is 0 Å². The van der Waals surface area contributed by atoms with E-state index in [2.05, 4.69) is 15.0 Å². The molecule has 0 atom stereocenters. The third-order valence-corrected chi connectivity index (χ3v) is 3.80. The second-order valence-electron chi connectivity index (χ2n) is 4.81. The van der Waals surface area contributed by atoms with Crippen molar-refractivity contribution in [3.05, 3.63) is 69.9 Å². The van der Waals surface area contributed by atoms with Crippen LogP contribution in [0, 0.1) is 6.92 Å². The highest BCUT2D eigenvalue weighted by atomic mass is 35.5. The molecule has 0 bridgehead atoms. The van der Waals surface area contributed by atoms with Crippen LogP contribution < -0.4 is 0 Å². The van der Waals surface area contributed by atoms with E-state index in [1.807, 2.05) is 25.1 Å². The Morgan fingerprint density at radius 3 is 2.62 bits per heavy atom. The fraction of sp³-hybridized carbons (Fsp3) is 0.125. The maximum atomic E-state index is 6.25. The second kappa shape index (κ2) is 5.88. The molecule has 3 aromatic rings. The van der Waals surface area contributed by atoms with E-state index in [0.717, 1.165) is 34.8 Å². The predicted molar refractivity (Wildman–Crippen MR) is 85.8 cm³/mol. The summed E-state index contributed by atoms with van der Waals surface area (Å²) >= 11 is 12.3. The second-order valence-corrected chi connectivity index (χ2v) is 5.66. The summed E-state index contributed by atoms with van der Waals surface area (Å²) in [5.41, 5.74) is 3.82. The van der Waals surface area contributed by atoms with E-state index in [9.17, 15) is 0 Å². The smallest absolute Gasteiger partial charge is 0.111 e. The highest BCUT2D eigenvalue weighted by molar-refractivity contribution is 6.35. The normalized spacial score (nSPS) is 10.8. The summed E-state index contributed by atoms with van der Waals surface area (Å²) in [6.07, 6.45) is 4.28. The average Bonchev–Trinajstić information content (AvgIpc) is 2.83. The van der Waals surface area contributed by atoms with Gasteiger partial charge in [-0.05, 0) is 42.8 Å². The van der Waals surface area contributed by atoms with E-state index in [-0.39, 0.29) is 0 Å². The van der Waals surface area contributed by atoms with Gasteiger partial charge >= 0.3 is 0 Å². The molecule has 0 unspecified atom stereocenters. The first-order valence-corrected chi connectivity index (χ1v) is 7.29. The number of aryl methyl sites for hydroxylation is 1. The summed E-state index contributed by atoms with van der Waals surface area (Å²) < 4.78 is 0. The van der Waals surface area contributed by atoms with Gasteiger partial charge < -0.3 is 4.98 Å². The molecule has 0 radical (unpaired) electrons. The van der Waals surface area contributed by atoms with Crippen LogP contribution in [-0.4, -0.2) is 15.0 Å². The minimum absolute atomic E-state index is 0.643. The van der Waals surface area contributed by atoms with Crippen molar-refractivity contribution in [3.8, 4) is 11.3 Å². The van der Waals surface area contributed by atoms with Crippen LogP contribution in [0.15, 0.2) is 42.7 Å². The number of halogens is 2. The Bertz CT molecular complexity index is 766. The number of hydrogen-bond acceptors (Lipinski definition) is 2. The van der Waals surface area contributed by atoms with Crippen LogP contribution in [0.2, 0.25) is 10.0 Å². The SMILES string of the molecule is Cc1[nH]c(Cc2ccncc2)nc1-c1cc(Cl)ccc1Cl. The molecule has 21 heavy (non-hydrogen) atoms. The van der Waals surface area contributed by atoms with Crippen LogP contribution in [0.25, 0.3) is 11.3 Å². The third-order valence-electron chi connectivity index (χ3n) is 3.24. The van der Waals surface area contributed by atoms with Gasteiger partial charge in [0.25, 0.3) is 0 Å². The molecule has 3 rings (SSSR count). The number of aromatic amines is 1. The molecule has 0 aliphatic carbocycles. The van der Waals surface area contributed by atoms with Crippen LogP contribution in [0.5, 0.6) is 0 Å². The van der Waals surface area contributed by atoms with Gasteiger partial charge in [-0.3, -0.25) is 4.98 Å². The van der Waals surface area contributed by atoms with E-state index in [4.69, 9.17) is 23.2 Å².